The van der Waals surface area contributed by atoms with E-state index in [0.29, 0.717) is 0 Å². The highest BCUT2D eigenvalue weighted by Crippen LogP contribution is 2.29. The lowest BCUT2D eigenvalue weighted by Gasteiger charge is -1.95. The minimum atomic E-state index is 0.732. The Kier molecular flexibility index (Phi) is 4.86. The zero-order valence-corrected chi connectivity index (χ0v) is 15.3. The van der Waals surface area contributed by atoms with E-state index in [2.05, 4.69) is 77.8 Å². The minimum absolute atomic E-state index is 0.732. The molecule has 4 rings (SSSR count). The summed E-state index contributed by atoms with van der Waals surface area (Å²) in [5, 5.41) is 0. The van der Waals surface area contributed by atoms with E-state index in [1.165, 1.54) is 30.6 Å². The highest BCUT2D eigenvalue weighted by atomic mass is 32.1. The summed E-state index contributed by atoms with van der Waals surface area (Å²) in [5.41, 5.74) is 2.53. The summed E-state index contributed by atoms with van der Waals surface area (Å²) < 4.78 is 0. The molecule has 0 saturated carbocycles. The Morgan fingerprint density at radius 2 is 1.24 bits per heavy atom. The topological polar surface area (TPSA) is 12.4 Å². The van der Waals surface area contributed by atoms with Crippen molar-refractivity contribution in [3.8, 4) is 20.9 Å². The van der Waals surface area contributed by atoms with Gasteiger partial charge in [-0.25, -0.2) is 0 Å². The van der Waals surface area contributed by atoms with Gasteiger partial charge in [-0.05, 0) is 35.4 Å². The number of aliphatic imine (C=N–C) groups is 1. The molecule has 0 N–H and O–H groups in total. The molecule has 3 heteroatoms. The summed E-state index contributed by atoms with van der Waals surface area (Å²) in [6.45, 7) is 0.732. The van der Waals surface area contributed by atoms with Gasteiger partial charge < -0.3 is 0 Å². The molecule has 0 spiro atoms. The van der Waals surface area contributed by atoms with Crippen LogP contribution in [0.3, 0.4) is 0 Å². The van der Waals surface area contributed by atoms with Crippen molar-refractivity contribution in [2.45, 2.75) is 6.54 Å². The number of hydrogen-bond acceptors (Lipinski definition) is 3. The molecule has 2 aromatic carbocycles. The van der Waals surface area contributed by atoms with E-state index in [-0.39, 0.29) is 0 Å². The number of hydrogen-bond donors (Lipinski definition) is 0. The lowest BCUT2D eigenvalue weighted by molar-refractivity contribution is 1.11. The molecular weight excluding hydrogens is 342 g/mol. The standard InChI is InChI=1S/C22H17NS2/c1-3-7-17(8-4-1)21-13-11-19(24-21)15-23-16-20-12-14-22(25-20)18-9-5-2-6-10-18/h1-15H,16H2. The van der Waals surface area contributed by atoms with Crippen molar-refractivity contribution in [3.05, 3.63) is 94.7 Å². The first kappa shape index (κ1) is 16.0. The number of thiophene rings is 2. The van der Waals surface area contributed by atoms with Crippen molar-refractivity contribution in [1.82, 2.24) is 0 Å². The molecule has 4 aromatic rings. The SMILES string of the molecule is C(=NCc1ccc(-c2ccccc2)s1)c1ccc(-c2ccccc2)s1. The van der Waals surface area contributed by atoms with E-state index in [0.717, 1.165) is 6.54 Å². The second-order valence-electron chi connectivity index (χ2n) is 5.67. The second-order valence-corrected chi connectivity index (χ2v) is 7.95. The largest absolute Gasteiger partial charge is 0.286 e. The van der Waals surface area contributed by atoms with Gasteiger partial charge in [0.1, 0.15) is 0 Å². The van der Waals surface area contributed by atoms with Gasteiger partial charge >= 0.3 is 0 Å². The van der Waals surface area contributed by atoms with E-state index < -0.39 is 0 Å². The Balaban J connectivity index is 1.42. The predicted molar refractivity (Wildman–Crippen MR) is 111 cm³/mol. The monoisotopic (exact) mass is 359 g/mol. The number of benzene rings is 2. The third-order valence-corrected chi connectivity index (χ3v) is 6.06. The molecule has 0 aliphatic heterocycles. The lowest BCUT2D eigenvalue weighted by Crippen LogP contribution is -1.76. The van der Waals surface area contributed by atoms with E-state index >= 15 is 0 Å². The van der Waals surface area contributed by atoms with Gasteiger partial charge in [0, 0.05) is 25.7 Å². The third kappa shape index (κ3) is 3.95. The van der Waals surface area contributed by atoms with Crippen molar-refractivity contribution in [1.29, 1.82) is 0 Å². The average Bonchev–Trinajstić information content (AvgIpc) is 3.33. The molecular formula is C22H17NS2. The summed E-state index contributed by atoms with van der Waals surface area (Å²) >= 11 is 3.59. The highest BCUT2D eigenvalue weighted by molar-refractivity contribution is 7.17. The Bertz CT molecular complexity index is 965. The fraction of sp³-hybridized carbons (Fsp3) is 0.0455. The van der Waals surface area contributed by atoms with E-state index in [1.807, 2.05) is 29.7 Å². The van der Waals surface area contributed by atoms with Gasteiger partial charge in [0.15, 0.2) is 0 Å². The fourth-order valence-electron chi connectivity index (χ4n) is 2.63. The van der Waals surface area contributed by atoms with Crippen LogP contribution < -0.4 is 0 Å². The molecule has 0 unspecified atom stereocenters. The van der Waals surface area contributed by atoms with Crippen LogP contribution in [0.25, 0.3) is 20.9 Å². The van der Waals surface area contributed by atoms with Crippen molar-refractivity contribution in [3.63, 3.8) is 0 Å². The van der Waals surface area contributed by atoms with Crippen LogP contribution in [-0.4, -0.2) is 6.21 Å². The van der Waals surface area contributed by atoms with Crippen LogP contribution in [0.2, 0.25) is 0 Å². The molecule has 25 heavy (non-hydrogen) atoms. The summed E-state index contributed by atoms with van der Waals surface area (Å²) in [6, 6.07) is 29.6. The maximum absolute atomic E-state index is 4.62. The third-order valence-electron chi connectivity index (χ3n) is 3.87. The zero-order chi connectivity index (χ0) is 16.9. The second kappa shape index (κ2) is 7.60. The lowest BCUT2D eigenvalue weighted by atomic mass is 10.2. The Hall–Kier alpha value is -2.49. The van der Waals surface area contributed by atoms with Gasteiger partial charge in [0.2, 0.25) is 0 Å². The minimum Gasteiger partial charge on any atom is -0.286 e. The average molecular weight is 360 g/mol. The Labute approximate surface area is 156 Å². The summed E-state index contributed by atoms with van der Waals surface area (Å²) in [6.07, 6.45) is 1.99. The molecule has 0 atom stereocenters. The maximum Gasteiger partial charge on any atom is 0.0733 e. The first-order valence-corrected chi connectivity index (χ1v) is 9.81. The number of rotatable bonds is 5. The van der Waals surface area contributed by atoms with Crippen molar-refractivity contribution >= 4 is 28.9 Å². The molecule has 0 bridgehead atoms. The fourth-order valence-corrected chi connectivity index (χ4v) is 4.48. The Morgan fingerprint density at radius 3 is 1.92 bits per heavy atom. The summed E-state index contributed by atoms with van der Waals surface area (Å²) in [5.74, 6) is 0. The molecule has 0 saturated heterocycles. The molecule has 0 amide bonds. The van der Waals surface area contributed by atoms with Gasteiger partial charge in [-0.1, -0.05) is 60.7 Å². The van der Waals surface area contributed by atoms with Gasteiger partial charge in [-0.3, -0.25) is 4.99 Å². The molecule has 2 heterocycles. The zero-order valence-electron chi connectivity index (χ0n) is 13.6. The van der Waals surface area contributed by atoms with Crippen molar-refractivity contribution < 1.29 is 0 Å². The first-order chi connectivity index (χ1) is 12.4. The molecule has 0 aliphatic carbocycles. The van der Waals surface area contributed by atoms with Crippen LogP contribution in [-0.2, 0) is 6.54 Å². The quantitative estimate of drug-likeness (QED) is 0.349. The van der Waals surface area contributed by atoms with Crippen molar-refractivity contribution in [2.75, 3.05) is 0 Å². The Morgan fingerprint density at radius 1 is 0.640 bits per heavy atom. The predicted octanol–water partition coefficient (Wildman–Crippen LogP) is 6.76. The van der Waals surface area contributed by atoms with Gasteiger partial charge in [0.25, 0.3) is 0 Å². The van der Waals surface area contributed by atoms with Crippen LogP contribution in [0.4, 0.5) is 0 Å². The smallest absolute Gasteiger partial charge is 0.0733 e. The summed E-state index contributed by atoms with van der Waals surface area (Å²) in [7, 11) is 0. The first-order valence-electron chi connectivity index (χ1n) is 8.18. The van der Waals surface area contributed by atoms with E-state index in [1.54, 1.807) is 11.3 Å². The van der Waals surface area contributed by atoms with E-state index in [4.69, 9.17) is 0 Å². The van der Waals surface area contributed by atoms with Crippen LogP contribution >= 0.6 is 22.7 Å². The normalized spacial score (nSPS) is 11.2. The van der Waals surface area contributed by atoms with Gasteiger partial charge in [-0.2, -0.15) is 0 Å². The molecule has 0 radical (unpaired) electrons. The van der Waals surface area contributed by atoms with Crippen molar-refractivity contribution in [2.24, 2.45) is 4.99 Å². The molecule has 122 valence electrons. The molecule has 0 fully saturated rings. The van der Waals surface area contributed by atoms with Crippen LogP contribution in [0.1, 0.15) is 9.75 Å². The molecule has 0 aliphatic rings. The van der Waals surface area contributed by atoms with Crippen LogP contribution in [0.15, 0.2) is 89.9 Å². The maximum atomic E-state index is 4.62. The summed E-state index contributed by atoms with van der Waals surface area (Å²) in [4.78, 5) is 9.68. The number of nitrogens with zero attached hydrogens (tertiary/aromatic N) is 1. The molecule has 2 aromatic heterocycles. The molecule has 1 nitrogen and oxygen atoms in total. The van der Waals surface area contributed by atoms with Gasteiger partial charge in [-0.15, -0.1) is 22.7 Å². The van der Waals surface area contributed by atoms with E-state index in [9.17, 15) is 0 Å². The van der Waals surface area contributed by atoms with Gasteiger partial charge in [0.05, 0.1) is 6.54 Å². The highest BCUT2D eigenvalue weighted by Gasteiger charge is 2.03. The van der Waals surface area contributed by atoms with Crippen LogP contribution in [0, 0.1) is 0 Å². The van der Waals surface area contributed by atoms with Crippen LogP contribution in [0.5, 0.6) is 0 Å².